The Bertz CT molecular complexity index is 565. The molecule has 0 aliphatic carbocycles. The van der Waals surface area contributed by atoms with Gasteiger partial charge in [-0.25, -0.2) is 9.18 Å². The molecule has 1 amide bonds. The van der Waals surface area contributed by atoms with E-state index in [4.69, 9.17) is 4.74 Å². The Morgan fingerprint density at radius 3 is 2.64 bits per heavy atom. The maximum absolute atomic E-state index is 13.7. The number of Topliss-reactive ketones (excluding diaryl/α,β-unsaturated/α-hetero) is 1. The third kappa shape index (κ3) is 4.06. The third-order valence-electron chi connectivity index (χ3n) is 3.60. The summed E-state index contributed by atoms with van der Waals surface area (Å²) in [5.41, 5.74) is -0.488. The van der Waals surface area contributed by atoms with Gasteiger partial charge in [-0.2, -0.15) is 0 Å². The lowest BCUT2D eigenvalue weighted by molar-refractivity contribution is 0.0223. The Balaban J connectivity index is 2.04. The predicted octanol–water partition coefficient (Wildman–Crippen LogP) is 3.80. The van der Waals surface area contributed by atoms with Crippen molar-refractivity contribution < 1.29 is 18.7 Å². The third-order valence-corrected chi connectivity index (χ3v) is 3.60. The number of amides is 1. The number of ketones is 1. The van der Waals surface area contributed by atoms with E-state index in [-0.39, 0.29) is 23.8 Å². The topological polar surface area (TPSA) is 46.6 Å². The summed E-state index contributed by atoms with van der Waals surface area (Å²) < 4.78 is 19.0. The van der Waals surface area contributed by atoms with Crippen LogP contribution in [0.3, 0.4) is 0 Å². The molecule has 1 fully saturated rings. The second-order valence-electron chi connectivity index (χ2n) is 6.58. The molecule has 120 valence electrons. The van der Waals surface area contributed by atoms with Gasteiger partial charge in [0.2, 0.25) is 0 Å². The number of benzene rings is 1. The first-order valence-electron chi connectivity index (χ1n) is 7.55. The van der Waals surface area contributed by atoms with Gasteiger partial charge in [-0.15, -0.1) is 0 Å². The van der Waals surface area contributed by atoms with Crippen LogP contribution in [0.25, 0.3) is 0 Å². The van der Waals surface area contributed by atoms with Crippen molar-refractivity contribution in [1.29, 1.82) is 0 Å². The molecule has 0 radical (unpaired) electrons. The first-order chi connectivity index (χ1) is 10.3. The van der Waals surface area contributed by atoms with Crippen LogP contribution in [0.1, 0.15) is 50.4 Å². The molecule has 0 N–H and O–H groups in total. The van der Waals surface area contributed by atoms with Crippen LogP contribution in [-0.2, 0) is 4.74 Å². The molecular weight excluding hydrogens is 285 g/mol. The summed E-state index contributed by atoms with van der Waals surface area (Å²) in [7, 11) is 0. The number of halogens is 1. The number of likely N-dealkylation sites (tertiary alicyclic amines) is 1. The number of nitrogens with zero attached hydrogens (tertiary/aromatic N) is 1. The molecule has 1 atom stereocenters. The van der Waals surface area contributed by atoms with Crippen LogP contribution in [0.4, 0.5) is 9.18 Å². The lowest BCUT2D eigenvalue weighted by Crippen LogP contribution is -2.40. The van der Waals surface area contributed by atoms with E-state index in [0.717, 1.165) is 12.8 Å². The van der Waals surface area contributed by atoms with Crippen molar-refractivity contribution in [2.24, 2.45) is 0 Å². The Hall–Kier alpha value is -1.91. The largest absolute Gasteiger partial charge is 0.444 e. The molecule has 5 heteroatoms. The highest BCUT2D eigenvalue weighted by Gasteiger charge is 2.33. The standard InChI is InChI=1S/C17H22FNO3/c1-17(2,3)22-16(21)19-10-6-7-12(19)11-15(20)13-8-4-5-9-14(13)18/h4-5,8-9,12H,6-7,10-11H2,1-3H3. The molecule has 22 heavy (non-hydrogen) atoms. The van der Waals surface area contributed by atoms with Crippen LogP contribution in [0.15, 0.2) is 24.3 Å². The summed E-state index contributed by atoms with van der Waals surface area (Å²) in [5, 5.41) is 0. The maximum atomic E-state index is 13.7. The van der Waals surface area contributed by atoms with Gasteiger partial charge in [-0.1, -0.05) is 12.1 Å². The van der Waals surface area contributed by atoms with Gasteiger partial charge < -0.3 is 9.64 Å². The highest BCUT2D eigenvalue weighted by atomic mass is 19.1. The summed E-state index contributed by atoms with van der Waals surface area (Å²) in [6, 6.07) is 5.71. The number of ether oxygens (including phenoxy) is 1. The summed E-state index contributed by atoms with van der Waals surface area (Å²) in [6.45, 7) is 5.99. The smallest absolute Gasteiger partial charge is 0.410 e. The molecule has 1 saturated heterocycles. The fourth-order valence-electron chi connectivity index (χ4n) is 2.62. The second-order valence-corrected chi connectivity index (χ2v) is 6.58. The van der Waals surface area contributed by atoms with Crippen molar-refractivity contribution in [1.82, 2.24) is 4.90 Å². The van der Waals surface area contributed by atoms with E-state index < -0.39 is 17.5 Å². The summed E-state index contributed by atoms with van der Waals surface area (Å²) in [4.78, 5) is 26.0. The fourth-order valence-corrected chi connectivity index (χ4v) is 2.62. The van der Waals surface area contributed by atoms with Crippen LogP contribution in [0.2, 0.25) is 0 Å². The molecule has 1 aromatic carbocycles. The molecule has 1 heterocycles. The van der Waals surface area contributed by atoms with E-state index >= 15 is 0 Å². The molecule has 1 aromatic rings. The van der Waals surface area contributed by atoms with Gasteiger partial charge in [0.25, 0.3) is 0 Å². The van der Waals surface area contributed by atoms with E-state index in [9.17, 15) is 14.0 Å². The Morgan fingerprint density at radius 1 is 1.32 bits per heavy atom. The average Bonchev–Trinajstić information content (AvgIpc) is 2.85. The zero-order chi connectivity index (χ0) is 16.3. The Morgan fingerprint density at radius 2 is 2.00 bits per heavy atom. The van der Waals surface area contributed by atoms with Gasteiger partial charge in [0.05, 0.1) is 5.56 Å². The number of hydrogen-bond acceptors (Lipinski definition) is 3. The summed E-state index contributed by atoms with van der Waals surface area (Å²) >= 11 is 0. The minimum atomic E-state index is -0.570. The normalized spacial score (nSPS) is 18.4. The zero-order valence-electron chi connectivity index (χ0n) is 13.3. The molecular formula is C17H22FNO3. The van der Waals surface area contributed by atoms with Crippen molar-refractivity contribution in [3.8, 4) is 0 Å². The van der Waals surface area contributed by atoms with Crippen LogP contribution in [0, 0.1) is 5.82 Å². The minimum absolute atomic E-state index is 0.0820. The number of rotatable bonds is 3. The number of carbonyl (C=O) groups excluding carboxylic acids is 2. The second kappa shape index (κ2) is 6.46. The molecule has 1 aliphatic heterocycles. The Labute approximate surface area is 130 Å². The summed E-state index contributed by atoms with van der Waals surface area (Å²) in [5.74, 6) is -0.798. The van der Waals surface area contributed by atoms with Crippen molar-refractivity contribution in [3.05, 3.63) is 35.6 Å². The molecule has 2 rings (SSSR count). The van der Waals surface area contributed by atoms with Gasteiger partial charge in [-0.3, -0.25) is 4.79 Å². The lowest BCUT2D eigenvalue weighted by atomic mass is 10.0. The maximum Gasteiger partial charge on any atom is 0.410 e. The van der Waals surface area contributed by atoms with Gasteiger partial charge in [-0.05, 0) is 45.7 Å². The highest BCUT2D eigenvalue weighted by Crippen LogP contribution is 2.24. The van der Waals surface area contributed by atoms with Gasteiger partial charge in [0.15, 0.2) is 5.78 Å². The van der Waals surface area contributed by atoms with Crippen molar-refractivity contribution in [2.45, 2.75) is 51.7 Å². The summed E-state index contributed by atoms with van der Waals surface area (Å²) in [6.07, 6.45) is 1.28. The quantitative estimate of drug-likeness (QED) is 0.798. The first-order valence-corrected chi connectivity index (χ1v) is 7.55. The van der Waals surface area contributed by atoms with Crippen LogP contribution >= 0.6 is 0 Å². The average molecular weight is 307 g/mol. The van der Waals surface area contributed by atoms with Crippen LogP contribution in [0.5, 0.6) is 0 Å². The SMILES string of the molecule is CC(C)(C)OC(=O)N1CCCC1CC(=O)c1ccccc1F. The first kappa shape index (κ1) is 16.5. The minimum Gasteiger partial charge on any atom is -0.444 e. The number of hydrogen-bond donors (Lipinski definition) is 0. The van der Waals surface area contributed by atoms with Gasteiger partial charge in [0.1, 0.15) is 11.4 Å². The van der Waals surface area contributed by atoms with Crippen molar-refractivity contribution in [2.75, 3.05) is 6.54 Å². The van der Waals surface area contributed by atoms with Crippen molar-refractivity contribution in [3.63, 3.8) is 0 Å². The molecule has 0 bridgehead atoms. The zero-order valence-corrected chi connectivity index (χ0v) is 13.3. The van der Waals surface area contributed by atoms with E-state index in [1.54, 1.807) is 37.8 Å². The fraction of sp³-hybridized carbons (Fsp3) is 0.529. The number of carbonyl (C=O) groups is 2. The monoisotopic (exact) mass is 307 g/mol. The predicted molar refractivity (Wildman–Crippen MR) is 81.3 cm³/mol. The lowest BCUT2D eigenvalue weighted by Gasteiger charge is -2.28. The van der Waals surface area contributed by atoms with Crippen LogP contribution < -0.4 is 0 Å². The molecule has 0 aromatic heterocycles. The van der Waals surface area contributed by atoms with Crippen molar-refractivity contribution >= 4 is 11.9 Å². The molecule has 0 spiro atoms. The van der Waals surface area contributed by atoms with E-state index in [1.165, 1.54) is 12.1 Å². The molecule has 0 saturated carbocycles. The molecule has 1 unspecified atom stereocenters. The van der Waals surface area contributed by atoms with E-state index in [1.807, 2.05) is 0 Å². The van der Waals surface area contributed by atoms with Crippen LogP contribution in [-0.4, -0.2) is 35.0 Å². The van der Waals surface area contributed by atoms with Gasteiger partial charge in [0, 0.05) is 19.0 Å². The van der Waals surface area contributed by atoms with Gasteiger partial charge >= 0.3 is 6.09 Å². The molecule has 1 aliphatic rings. The van der Waals surface area contributed by atoms with E-state index in [0.29, 0.717) is 6.54 Å². The molecule has 4 nitrogen and oxygen atoms in total. The highest BCUT2D eigenvalue weighted by molar-refractivity contribution is 5.96. The van der Waals surface area contributed by atoms with E-state index in [2.05, 4.69) is 0 Å². The Kier molecular flexibility index (Phi) is 4.84.